The van der Waals surface area contributed by atoms with Gasteiger partial charge in [0.1, 0.15) is 0 Å². The summed E-state index contributed by atoms with van der Waals surface area (Å²) >= 11 is 0. The van der Waals surface area contributed by atoms with Gasteiger partial charge in [0, 0.05) is 0 Å². The number of rotatable bonds is 1. The first-order chi connectivity index (χ1) is 5.83. The van der Waals surface area contributed by atoms with E-state index in [0.29, 0.717) is 13.5 Å². The van der Waals surface area contributed by atoms with E-state index < -0.39 is 0 Å². The van der Waals surface area contributed by atoms with E-state index in [2.05, 4.69) is 13.2 Å². The van der Waals surface area contributed by atoms with Gasteiger partial charge in [0.05, 0.1) is 13.5 Å². The van der Waals surface area contributed by atoms with Crippen molar-refractivity contribution in [3.63, 3.8) is 0 Å². The number of alkyl halides is 1. The third-order valence-electron chi connectivity index (χ3n) is 0.293. The molecule has 0 bridgehead atoms. The lowest BCUT2D eigenvalue weighted by molar-refractivity contribution is 0.636. The zero-order valence-corrected chi connectivity index (χ0v) is 8.48. The zero-order valence-electron chi connectivity index (χ0n) is 8.48. The van der Waals surface area contributed by atoms with Gasteiger partial charge in [-0.25, -0.2) is 4.39 Å². The first kappa shape index (κ1) is 22.5. The summed E-state index contributed by atoms with van der Waals surface area (Å²) in [7, 11) is 0.500. The molecule has 12 heavy (non-hydrogen) atoms. The summed E-state index contributed by atoms with van der Waals surface area (Å²) in [5.74, 6) is 0. The first-order valence-corrected chi connectivity index (χ1v) is 3.66. The Morgan fingerprint density at radius 2 is 1.17 bits per heavy atom. The van der Waals surface area contributed by atoms with Crippen molar-refractivity contribution in [2.45, 2.75) is 20.8 Å². The first-order valence-electron chi connectivity index (χ1n) is 3.66. The summed E-state index contributed by atoms with van der Waals surface area (Å²) in [6.45, 7) is 12.3. The van der Waals surface area contributed by atoms with Gasteiger partial charge in [-0.3, -0.25) is 4.39 Å². The third kappa shape index (κ3) is 508. The quantitative estimate of drug-likeness (QED) is 0.520. The molecule has 0 saturated carbocycles. The van der Waals surface area contributed by atoms with Crippen LogP contribution in [0.3, 0.4) is 0 Å². The molecule has 0 nitrogen and oxygen atoms in total. The summed E-state index contributed by atoms with van der Waals surface area (Å²) in [5, 5.41) is 0. The predicted octanol–water partition coefficient (Wildman–Crippen LogP) is 4.46. The van der Waals surface area contributed by atoms with Crippen LogP contribution in [0.2, 0.25) is 0 Å². The van der Waals surface area contributed by atoms with Crippen molar-refractivity contribution in [1.82, 2.24) is 0 Å². The Balaban J connectivity index is -0.0000000380. The summed E-state index contributed by atoms with van der Waals surface area (Å²) in [4.78, 5) is 0. The lowest BCUT2D eigenvalue weighted by atomic mass is 10.6. The third-order valence-corrected chi connectivity index (χ3v) is 0.293. The Morgan fingerprint density at radius 3 is 1.17 bits per heavy atom. The summed E-state index contributed by atoms with van der Waals surface area (Å²) in [6.07, 6.45) is 5.11. The van der Waals surface area contributed by atoms with Crippen molar-refractivity contribution >= 4 is 0 Å². The standard InChI is InChI=1S/C4H6.C3H5F.C2H6.CH3F/c1-3-4-2;1-2-3-4;2*1-2/h3-4H,1-2H2;2-3H,1H3;1-2H3;1H3/b;3-2-;;. The van der Waals surface area contributed by atoms with Gasteiger partial charge >= 0.3 is 0 Å². The molecule has 0 saturated heterocycles. The number of hydrogen-bond acceptors (Lipinski definition) is 0. The minimum absolute atomic E-state index is 0.500. The highest BCUT2D eigenvalue weighted by molar-refractivity contribution is 4.88. The second kappa shape index (κ2) is 87.6. The van der Waals surface area contributed by atoms with Gasteiger partial charge in [-0.2, -0.15) is 0 Å². The van der Waals surface area contributed by atoms with Crippen LogP contribution in [0.4, 0.5) is 8.78 Å². The topological polar surface area (TPSA) is 0 Å². The van der Waals surface area contributed by atoms with Crippen molar-refractivity contribution in [3.05, 3.63) is 37.7 Å². The van der Waals surface area contributed by atoms with Gasteiger partial charge in [0.15, 0.2) is 0 Å². The monoisotopic (exact) mass is 178 g/mol. The average molecular weight is 178 g/mol. The van der Waals surface area contributed by atoms with Crippen LogP contribution in [-0.2, 0) is 0 Å². The maximum atomic E-state index is 10.5. The van der Waals surface area contributed by atoms with E-state index in [0.717, 1.165) is 0 Å². The van der Waals surface area contributed by atoms with Gasteiger partial charge in [-0.05, 0) is 6.92 Å². The normalized spacial score (nSPS) is 5.83. The molecule has 0 heterocycles. The second-order valence-corrected chi connectivity index (χ2v) is 0.931. The molecule has 0 atom stereocenters. The van der Waals surface area contributed by atoms with Gasteiger partial charge in [-0.1, -0.05) is 45.2 Å². The van der Waals surface area contributed by atoms with Crippen LogP contribution in [0.25, 0.3) is 0 Å². The van der Waals surface area contributed by atoms with Crippen LogP contribution in [0.1, 0.15) is 20.8 Å². The number of halogens is 2. The molecule has 0 fully saturated rings. The van der Waals surface area contributed by atoms with Gasteiger partial charge < -0.3 is 0 Å². The molecule has 0 aromatic carbocycles. The van der Waals surface area contributed by atoms with E-state index >= 15 is 0 Å². The van der Waals surface area contributed by atoms with Crippen molar-refractivity contribution in [2.75, 3.05) is 7.18 Å². The maximum Gasteiger partial charge on any atom is 0.0824 e. The highest BCUT2D eigenvalue weighted by atomic mass is 19.1. The van der Waals surface area contributed by atoms with Crippen molar-refractivity contribution in [1.29, 1.82) is 0 Å². The molecule has 0 aromatic rings. The van der Waals surface area contributed by atoms with Gasteiger partial charge in [-0.15, -0.1) is 0 Å². The molecule has 0 radical (unpaired) electrons. The molecular formula is C10H20F2. The van der Waals surface area contributed by atoms with Crippen molar-refractivity contribution < 1.29 is 8.78 Å². The van der Waals surface area contributed by atoms with E-state index in [1.807, 2.05) is 13.8 Å². The predicted molar refractivity (Wildman–Crippen MR) is 54.7 cm³/mol. The molecule has 0 aliphatic carbocycles. The largest absolute Gasteiger partial charge is 0.255 e. The van der Waals surface area contributed by atoms with E-state index in [1.165, 1.54) is 6.08 Å². The van der Waals surface area contributed by atoms with Crippen LogP contribution < -0.4 is 0 Å². The van der Waals surface area contributed by atoms with Gasteiger partial charge in [0.2, 0.25) is 0 Å². The highest BCUT2D eigenvalue weighted by Gasteiger charge is 1.38. The molecule has 0 spiro atoms. The lowest BCUT2D eigenvalue weighted by Crippen LogP contribution is -1.22. The van der Waals surface area contributed by atoms with Crippen LogP contribution in [0, 0.1) is 0 Å². The SMILES string of the molecule is C/C=C\F.C=CC=C.CC.CF. The van der Waals surface area contributed by atoms with Crippen molar-refractivity contribution in [3.8, 4) is 0 Å². The fraction of sp³-hybridized carbons (Fsp3) is 0.400. The molecule has 0 aliphatic heterocycles. The van der Waals surface area contributed by atoms with Crippen LogP contribution in [-0.4, -0.2) is 7.18 Å². The Morgan fingerprint density at radius 1 is 1.00 bits per heavy atom. The highest BCUT2D eigenvalue weighted by Crippen LogP contribution is 1.62. The molecule has 2 heteroatoms. The Hall–Kier alpha value is -0.920. The lowest BCUT2D eigenvalue weighted by Gasteiger charge is -1.45. The van der Waals surface area contributed by atoms with E-state index in [9.17, 15) is 8.78 Å². The molecule has 0 aromatic heterocycles. The molecule has 74 valence electrons. The Labute approximate surface area is 75.3 Å². The average Bonchev–Trinajstić information content (AvgIpc) is 2.23. The van der Waals surface area contributed by atoms with Crippen molar-refractivity contribution in [2.24, 2.45) is 0 Å². The Bertz CT molecular complexity index is 65.9. The fourth-order valence-electron chi connectivity index (χ4n) is 0. The van der Waals surface area contributed by atoms with E-state index in [-0.39, 0.29) is 0 Å². The summed E-state index contributed by atoms with van der Waals surface area (Å²) in [6, 6.07) is 0. The van der Waals surface area contributed by atoms with E-state index in [4.69, 9.17) is 0 Å². The molecule has 0 rings (SSSR count). The van der Waals surface area contributed by atoms with Gasteiger partial charge in [0.25, 0.3) is 0 Å². The minimum Gasteiger partial charge on any atom is -0.255 e. The fourth-order valence-corrected chi connectivity index (χ4v) is 0. The smallest absolute Gasteiger partial charge is 0.0824 e. The summed E-state index contributed by atoms with van der Waals surface area (Å²) < 4.78 is 20.0. The molecule has 0 unspecified atom stereocenters. The maximum absolute atomic E-state index is 10.5. The molecule has 0 aliphatic rings. The number of hydrogen-bond donors (Lipinski definition) is 0. The molecule has 0 amide bonds. The van der Waals surface area contributed by atoms with Crippen LogP contribution in [0.5, 0.6) is 0 Å². The zero-order chi connectivity index (χ0) is 10.8. The summed E-state index contributed by atoms with van der Waals surface area (Å²) in [5.41, 5.74) is 0. The second-order valence-electron chi connectivity index (χ2n) is 0.931. The molecule has 0 N–H and O–H groups in total. The number of allylic oxidation sites excluding steroid dienone is 3. The Kier molecular flexibility index (Phi) is 164. The van der Waals surface area contributed by atoms with Crippen LogP contribution >= 0.6 is 0 Å². The van der Waals surface area contributed by atoms with Crippen LogP contribution in [0.15, 0.2) is 37.7 Å². The molecular weight excluding hydrogens is 158 g/mol. The minimum atomic E-state index is 0.500. The van der Waals surface area contributed by atoms with E-state index in [1.54, 1.807) is 19.1 Å².